The van der Waals surface area contributed by atoms with E-state index in [2.05, 4.69) is 15.6 Å². The minimum Gasteiger partial charge on any atom is -0.497 e. The zero-order chi connectivity index (χ0) is 19.9. The predicted octanol–water partition coefficient (Wildman–Crippen LogP) is 3.93. The molecule has 0 spiro atoms. The molecular formula is C21H18ClN3O3. The number of methoxy groups -OCH3 is 1. The summed E-state index contributed by atoms with van der Waals surface area (Å²) in [4.78, 5) is 28.8. The highest BCUT2D eigenvalue weighted by Gasteiger charge is 2.12. The Morgan fingerprint density at radius 1 is 1.00 bits per heavy atom. The monoisotopic (exact) mass is 395 g/mol. The molecule has 0 bridgehead atoms. The standard InChI is InChI=1S/C21H18ClN3O3/c1-28-18-8-2-14(3-9-18)13-24-21(27)19-12-15(10-11-23-19)20(26)25-17-6-4-16(22)5-7-17/h2-12H,13H2,1H3,(H,24,27)(H,25,26). The third kappa shape index (κ3) is 5.08. The van der Waals surface area contributed by atoms with Gasteiger partial charge >= 0.3 is 0 Å². The van der Waals surface area contributed by atoms with Gasteiger partial charge in [-0.05, 0) is 54.1 Å². The number of benzene rings is 2. The van der Waals surface area contributed by atoms with Crippen molar-refractivity contribution in [2.75, 3.05) is 12.4 Å². The second-order valence-corrected chi connectivity index (χ2v) is 6.36. The number of nitrogens with zero attached hydrogens (tertiary/aromatic N) is 1. The molecule has 0 aliphatic carbocycles. The number of hydrogen-bond donors (Lipinski definition) is 2. The van der Waals surface area contributed by atoms with E-state index in [0.29, 0.717) is 22.8 Å². The molecule has 0 unspecified atom stereocenters. The molecule has 0 aliphatic rings. The zero-order valence-electron chi connectivity index (χ0n) is 15.1. The molecule has 7 heteroatoms. The third-order valence-corrected chi connectivity index (χ3v) is 4.22. The molecule has 0 atom stereocenters. The van der Waals surface area contributed by atoms with Gasteiger partial charge in [-0.3, -0.25) is 14.6 Å². The van der Waals surface area contributed by atoms with E-state index in [9.17, 15) is 9.59 Å². The van der Waals surface area contributed by atoms with Crippen LogP contribution in [0.5, 0.6) is 5.75 Å². The molecule has 0 aliphatic heterocycles. The van der Waals surface area contributed by atoms with E-state index in [0.717, 1.165) is 11.3 Å². The molecule has 1 heterocycles. The lowest BCUT2D eigenvalue weighted by molar-refractivity contribution is 0.0946. The number of ether oxygens (including phenoxy) is 1. The first-order valence-electron chi connectivity index (χ1n) is 8.49. The first-order chi connectivity index (χ1) is 13.5. The zero-order valence-corrected chi connectivity index (χ0v) is 15.9. The van der Waals surface area contributed by atoms with Gasteiger partial charge in [0.25, 0.3) is 11.8 Å². The van der Waals surface area contributed by atoms with Gasteiger partial charge in [-0.25, -0.2) is 0 Å². The highest BCUT2D eigenvalue weighted by molar-refractivity contribution is 6.30. The molecule has 1 aromatic heterocycles. The minimum absolute atomic E-state index is 0.164. The molecule has 0 saturated heterocycles. The average molecular weight is 396 g/mol. The molecule has 142 valence electrons. The van der Waals surface area contributed by atoms with E-state index in [1.54, 1.807) is 37.4 Å². The molecule has 28 heavy (non-hydrogen) atoms. The Balaban J connectivity index is 1.63. The van der Waals surface area contributed by atoms with Crippen LogP contribution in [0, 0.1) is 0 Å². The summed E-state index contributed by atoms with van der Waals surface area (Å²) in [5.41, 5.74) is 2.03. The lowest BCUT2D eigenvalue weighted by Crippen LogP contribution is -2.24. The van der Waals surface area contributed by atoms with Crippen molar-refractivity contribution in [1.82, 2.24) is 10.3 Å². The normalized spacial score (nSPS) is 10.2. The Kier molecular flexibility index (Phi) is 6.24. The Hall–Kier alpha value is -3.38. The van der Waals surface area contributed by atoms with Gasteiger partial charge in [-0.2, -0.15) is 0 Å². The van der Waals surface area contributed by atoms with E-state index in [4.69, 9.17) is 16.3 Å². The van der Waals surface area contributed by atoms with E-state index in [1.165, 1.54) is 12.3 Å². The smallest absolute Gasteiger partial charge is 0.270 e. The first-order valence-corrected chi connectivity index (χ1v) is 8.87. The van der Waals surface area contributed by atoms with E-state index in [-0.39, 0.29) is 17.5 Å². The number of rotatable bonds is 6. The van der Waals surface area contributed by atoms with Crippen LogP contribution in [0.1, 0.15) is 26.4 Å². The van der Waals surface area contributed by atoms with Gasteiger partial charge in [-0.1, -0.05) is 23.7 Å². The number of aromatic nitrogens is 1. The topological polar surface area (TPSA) is 80.3 Å². The molecule has 0 saturated carbocycles. The number of anilines is 1. The molecule has 3 aromatic rings. The van der Waals surface area contributed by atoms with Crippen molar-refractivity contribution >= 4 is 29.1 Å². The van der Waals surface area contributed by atoms with Gasteiger partial charge in [0.1, 0.15) is 11.4 Å². The van der Waals surface area contributed by atoms with E-state index >= 15 is 0 Å². The number of carbonyl (C=O) groups excluding carboxylic acids is 2. The number of carbonyl (C=O) groups is 2. The Labute approximate surface area is 167 Å². The third-order valence-electron chi connectivity index (χ3n) is 3.97. The summed E-state index contributed by atoms with van der Waals surface area (Å²) in [7, 11) is 1.60. The fourth-order valence-electron chi connectivity index (χ4n) is 2.45. The molecule has 0 fully saturated rings. The summed E-state index contributed by atoms with van der Waals surface area (Å²) in [6, 6.07) is 17.1. The number of nitrogens with one attached hydrogen (secondary N) is 2. The summed E-state index contributed by atoms with van der Waals surface area (Å²) < 4.78 is 5.11. The van der Waals surface area contributed by atoms with Crippen molar-refractivity contribution in [1.29, 1.82) is 0 Å². The highest BCUT2D eigenvalue weighted by Crippen LogP contribution is 2.15. The molecular weight excluding hydrogens is 378 g/mol. The maximum Gasteiger partial charge on any atom is 0.270 e. The summed E-state index contributed by atoms with van der Waals surface area (Å²) >= 11 is 5.84. The SMILES string of the molecule is COc1ccc(CNC(=O)c2cc(C(=O)Nc3ccc(Cl)cc3)ccn2)cc1. The summed E-state index contributed by atoms with van der Waals surface area (Å²) in [6.45, 7) is 0.339. The highest BCUT2D eigenvalue weighted by atomic mass is 35.5. The van der Waals surface area contributed by atoms with Crippen LogP contribution < -0.4 is 15.4 Å². The largest absolute Gasteiger partial charge is 0.497 e. The van der Waals surface area contributed by atoms with Crippen LogP contribution in [-0.4, -0.2) is 23.9 Å². The second kappa shape index (κ2) is 9.01. The molecule has 2 N–H and O–H groups in total. The Morgan fingerprint density at radius 2 is 1.71 bits per heavy atom. The quantitative estimate of drug-likeness (QED) is 0.662. The van der Waals surface area contributed by atoms with Crippen molar-refractivity contribution in [2.24, 2.45) is 0 Å². The number of halogens is 1. The van der Waals surface area contributed by atoms with Crippen molar-refractivity contribution in [3.05, 3.63) is 88.7 Å². The van der Waals surface area contributed by atoms with Crippen molar-refractivity contribution < 1.29 is 14.3 Å². The van der Waals surface area contributed by atoms with Gasteiger partial charge in [0.05, 0.1) is 7.11 Å². The van der Waals surface area contributed by atoms with Crippen molar-refractivity contribution in [2.45, 2.75) is 6.54 Å². The number of pyridine rings is 1. The van der Waals surface area contributed by atoms with Gasteiger partial charge in [0.15, 0.2) is 0 Å². The second-order valence-electron chi connectivity index (χ2n) is 5.92. The van der Waals surface area contributed by atoms with Crippen LogP contribution in [0.25, 0.3) is 0 Å². The van der Waals surface area contributed by atoms with Crippen LogP contribution in [-0.2, 0) is 6.54 Å². The minimum atomic E-state index is -0.364. The average Bonchev–Trinajstić information content (AvgIpc) is 2.74. The predicted molar refractivity (Wildman–Crippen MR) is 108 cm³/mol. The number of amides is 2. The van der Waals surface area contributed by atoms with Crippen LogP contribution in [0.2, 0.25) is 5.02 Å². The van der Waals surface area contributed by atoms with Crippen molar-refractivity contribution in [3.8, 4) is 5.75 Å². The lowest BCUT2D eigenvalue weighted by atomic mass is 10.2. The van der Waals surface area contributed by atoms with Crippen molar-refractivity contribution in [3.63, 3.8) is 0 Å². The van der Waals surface area contributed by atoms with Crippen LogP contribution in [0.4, 0.5) is 5.69 Å². The van der Waals surface area contributed by atoms with Crippen LogP contribution >= 0.6 is 11.6 Å². The summed E-state index contributed by atoms with van der Waals surface area (Å²) in [5, 5.41) is 6.12. The van der Waals surface area contributed by atoms with Crippen LogP contribution in [0.15, 0.2) is 66.9 Å². The summed E-state index contributed by atoms with van der Waals surface area (Å²) in [6.07, 6.45) is 1.43. The maximum absolute atomic E-state index is 12.4. The molecule has 2 aromatic carbocycles. The maximum atomic E-state index is 12.4. The first kappa shape index (κ1) is 19.4. The van der Waals surface area contributed by atoms with E-state index < -0.39 is 0 Å². The number of hydrogen-bond acceptors (Lipinski definition) is 4. The molecule has 2 amide bonds. The fourth-order valence-corrected chi connectivity index (χ4v) is 2.57. The van der Waals surface area contributed by atoms with Gasteiger partial charge < -0.3 is 15.4 Å². The molecule has 3 rings (SSSR count). The molecule has 0 radical (unpaired) electrons. The van der Waals surface area contributed by atoms with E-state index in [1.807, 2.05) is 24.3 Å². The van der Waals surface area contributed by atoms with Gasteiger partial charge in [0.2, 0.25) is 0 Å². The fraction of sp³-hybridized carbons (Fsp3) is 0.0952. The lowest BCUT2D eigenvalue weighted by Gasteiger charge is -2.08. The van der Waals surface area contributed by atoms with Gasteiger partial charge in [0, 0.05) is 29.0 Å². The molecule has 6 nitrogen and oxygen atoms in total. The summed E-state index contributed by atoms with van der Waals surface area (Å²) in [5.74, 6) is 0.0435. The Bertz CT molecular complexity index is 973. The Morgan fingerprint density at radius 3 is 2.39 bits per heavy atom. The van der Waals surface area contributed by atoms with Gasteiger partial charge in [-0.15, -0.1) is 0 Å². The van der Waals surface area contributed by atoms with Crippen LogP contribution in [0.3, 0.4) is 0 Å².